The molecule has 0 heterocycles. The van der Waals surface area contributed by atoms with Gasteiger partial charge in [0.05, 0.1) is 18.3 Å². The number of ether oxygens (including phenoxy) is 1. The molecule has 0 aliphatic carbocycles. The van der Waals surface area contributed by atoms with Crippen molar-refractivity contribution >= 4 is 18.0 Å². The molecule has 0 aliphatic rings. The van der Waals surface area contributed by atoms with Gasteiger partial charge in [0, 0.05) is 0 Å². The van der Waals surface area contributed by atoms with E-state index < -0.39 is 0 Å². The van der Waals surface area contributed by atoms with Crippen LogP contribution in [0.4, 0.5) is 0 Å². The number of hydrogen-bond acceptors (Lipinski definition) is 3. The smallest absolute Gasteiger partial charge is 0.159 e. The van der Waals surface area contributed by atoms with Gasteiger partial charge >= 0.3 is 0 Å². The Kier molecular flexibility index (Phi) is 4.45. The molecule has 0 bridgehead atoms. The van der Waals surface area contributed by atoms with Gasteiger partial charge in [-0.1, -0.05) is 0 Å². The van der Waals surface area contributed by atoms with Gasteiger partial charge in [-0.3, -0.25) is 4.79 Å². The Morgan fingerprint density at radius 3 is 2.50 bits per heavy atom. The molecule has 0 N–H and O–H groups in total. The number of thioether (sulfide) groups is 1. The van der Waals surface area contributed by atoms with Crippen molar-refractivity contribution in [1.29, 1.82) is 0 Å². The summed E-state index contributed by atoms with van der Waals surface area (Å²) in [5.41, 5.74) is 0. The lowest BCUT2D eigenvalue weighted by Crippen LogP contribution is -1.77. The van der Waals surface area contributed by atoms with Gasteiger partial charge in [0.15, 0.2) is 6.29 Å². The third kappa shape index (κ3) is 2.69. The average molecular weight is 132 g/mol. The van der Waals surface area contributed by atoms with E-state index in [9.17, 15) is 4.79 Å². The third-order valence-electron chi connectivity index (χ3n) is 0.586. The zero-order chi connectivity index (χ0) is 6.41. The van der Waals surface area contributed by atoms with Crippen molar-refractivity contribution in [2.45, 2.75) is 0 Å². The Hall–Kier alpha value is -0.440. The Morgan fingerprint density at radius 1 is 1.75 bits per heavy atom. The zero-order valence-electron chi connectivity index (χ0n) is 4.88. The van der Waals surface area contributed by atoms with Gasteiger partial charge in [-0.05, 0) is 6.26 Å². The third-order valence-corrected chi connectivity index (χ3v) is 1.25. The zero-order valence-corrected chi connectivity index (χ0v) is 5.70. The number of rotatable bonds is 3. The predicted octanol–water partition coefficient (Wildman–Crippen LogP) is 1.04. The van der Waals surface area contributed by atoms with Gasteiger partial charge < -0.3 is 4.74 Å². The number of carbonyl (C=O) groups excluding carboxylic acids is 1. The van der Waals surface area contributed by atoms with Crippen molar-refractivity contribution in [3.05, 3.63) is 11.2 Å². The monoisotopic (exact) mass is 132 g/mol. The summed E-state index contributed by atoms with van der Waals surface area (Å²) in [4.78, 5) is 10.6. The van der Waals surface area contributed by atoms with E-state index in [0.717, 1.165) is 6.29 Å². The van der Waals surface area contributed by atoms with E-state index in [1.807, 2.05) is 6.26 Å². The van der Waals surface area contributed by atoms with E-state index in [0.29, 0.717) is 4.91 Å². The molecule has 0 atom stereocenters. The fourth-order valence-electron chi connectivity index (χ4n) is 0.240. The summed E-state index contributed by atoms with van der Waals surface area (Å²) in [5, 5.41) is 0. The fourth-order valence-corrected chi connectivity index (χ4v) is 0.529. The summed E-state index contributed by atoms with van der Waals surface area (Å²) in [5.74, 6) is 0. The Bertz CT molecular complexity index is 98.6. The van der Waals surface area contributed by atoms with Crippen LogP contribution in [-0.4, -0.2) is 19.7 Å². The first-order valence-corrected chi connectivity index (χ1v) is 3.29. The molecule has 46 valence electrons. The van der Waals surface area contributed by atoms with E-state index in [4.69, 9.17) is 0 Å². The topological polar surface area (TPSA) is 26.3 Å². The molecule has 8 heavy (non-hydrogen) atoms. The van der Waals surface area contributed by atoms with Crippen molar-refractivity contribution in [3.63, 3.8) is 0 Å². The van der Waals surface area contributed by atoms with Crippen LogP contribution in [0.25, 0.3) is 0 Å². The number of methoxy groups -OCH3 is 1. The summed E-state index contributed by atoms with van der Waals surface area (Å²) in [6, 6.07) is 0. The highest BCUT2D eigenvalue weighted by Crippen LogP contribution is 2.06. The minimum absolute atomic E-state index is 0.604. The summed E-state index contributed by atoms with van der Waals surface area (Å²) in [6.07, 6.45) is 3.99. The SMILES string of the molecule is CO/C=C(/C=O)SC. The van der Waals surface area contributed by atoms with Crippen molar-refractivity contribution in [3.8, 4) is 0 Å². The molecule has 0 aliphatic heterocycles. The van der Waals surface area contributed by atoms with Crippen LogP contribution in [0, 0.1) is 0 Å². The van der Waals surface area contributed by atoms with Crippen molar-refractivity contribution < 1.29 is 9.53 Å². The normalized spacial score (nSPS) is 11.0. The van der Waals surface area contributed by atoms with Gasteiger partial charge in [0.2, 0.25) is 0 Å². The van der Waals surface area contributed by atoms with E-state index in [2.05, 4.69) is 4.74 Å². The maximum Gasteiger partial charge on any atom is 0.159 e. The van der Waals surface area contributed by atoms with E-state index in [1.165, 1.54) is 25.1 Å². The van der Waals surface area contributed by atoms with Gasteiger partial charge in [-0.2, -0.15) is 0 Å². The average Bonchev–Trinajstić information content (AvgIpc) is 1.83. The summed E-state index contributed by atoms with van der Waals surface area (Å²) >= 11 is 1.36. The molecule has 0 saturated carbocycles. The molecule has 0 saturated heterocycles. The van der Waals surface area contributed by atoms with Crippen LogP contribution in [0.3, 0.4) is 0 Å². The van der Waals surface area contributed by atoms with Crippen LogP contribution >= 0.6 is 11.8 Å². The molecule has 0 spiro atoms. The number of allylic oxidation sites excluding steroid dienone is 1. The van der Waals surface area contributed by atoms with Gasteiger partial charge in [-0.15, -0.1) is 11.8 Å². The lowest BCUT2D eigenvalue weighted by atomic mass is 10.7. The van der Waals surface area contributed by atoms with Crippen LogP contribution < -0.4 is 0 Å². The molecule has 0 radical (unpaired) electrons. The molecule has 0 aromatic heterocycles. The summed E-state index contributed by atoms with van der Waals surface area (Å²) < 4.78 is 4.57. The first kappa shape index (κ1) is 7.56. The number of aldehydes is 1. The van der Waals surface area contributed by atoms with Gasteiger partial charge in [0.1, 0.15) is 0 Å². The minimum Gasteiger partial charge on any atom is -0.503 e. The van der Waals surface area contributed by atoms with Gasteiger partial charge in [-0.25, -0.2) is 0 Å². The van der Waals surface area contributed by atoms with E-state index in [1.54, 1.807) is 0 Å². The summed E-state index contributed by atoms with van der Waals surface area (Å²) in [7, 11) is 1.51. The van der Waals surface area contributed by atoms with E-state index >= 15 is 0 Å². The van der Waals surface area contributed by atoms with Crippen LogP contribution in [0.5, 0.6) is 0 Å². The Labute approximate surface area is 52.9 Å². The minimum atomic E-state index is 0.604. The van der Waals surface area contributed by atoms with Crippen molar-refractivity contribution in [2.24, 2.45) is 0 Å². The quantitative estimate of drug-likeness (QED) is 0.326. The molecule has 0 aromatic carbocycles. The molecule has 2 nitrogen and oxygen atoms in total. The van der Waals surface area contributed by atoms with Crippen LogP contribution in [0.2, 0.25) is 0 Å². The highest BCUT2D eigenvalue weighted by Gasteiger charge is 1.87. The largest absolute Gasteiger partial charge is 0.503 e. The molecular formula is C5H8O2S. The second-order valence-corrected chi connectivity index (χ2v) is 1.96. The number of carbonyl (C=O) groups is 1. The fraction of sp³-hybridized carbons (Fsp3) is 0.400. The number of hydrogen-bond donors (Lipinski definition) is 0. The van der Waals surface area contributed by atoms with Crippen molar-refractivity contribution in [1.82, 2.24) is 0 Å². The van der Waals surface area contributed by atoms with Gasteiger partial charge in [0.25, 0.3) is 0 Å². The molecule has 0 aromatic rings. The van der Waals surface area contributed by atoms with Crippen LogP contribution in [0.1, 0.15) is 0 Å². The standard InChI is InChI=1S/C5H8O2S/c1-7-4-5(3-6)8-2/h3-4H,1-2H3/b5-4-. The first-order chi connectivity index (χ1) is 3.85. The molecule has 0 unspecified atom stereocenters. The summed E-state index contributed by atoms with van der Waals surface area (Å²) in [6.45, 7) is 0. The van der Waals surface area contributed by atoms with Crippen LogP contribution in [0.15, 0.2) is 11.2 Å². The second kappa shape index (κ2) is 4.71. The first-order valence-electron chi connectivity index (χ1n) is 2.07. The maximum atomic E-state index is 9.96. The Morgan fingerprint density at radius 2 is 2.38 bits per heavy atom. The van der Waals surface area contributed by atoms with Crippen molar-refractivity contribution in [2.75, 3.05) is 13.4 Å². The lowest BCUT2D eigenvalue weighted by molar-refractivity contribution is -0.104. The Balaban J connectivity index is 3.66. The maximum absolute atomic E-state index is 9.96. The molecule has 0 fully saturated rings. The highest BCUT2D eigenvalue weighted by molar-refractivity contribution is 8.03. The lowest BCUT2D eigenvalue weighted by Gasteiger charge is -1.89. The molecule has 0 rings (SSSR count). The predicted molar refractivity (Wildman–Crippen MR) is 34.7 cm³/mol. The highest BCUT2D eigenvalue weighted by atomic mass is 32.2. The van der Waals surface area contributed by atoms with Crippen LogP contribution in [-0.2, 0) is 9.53 Å². The molecule has 3 heteroatoms. The molecule has 0 amide bonds. The molecular weight excluding hydrogens is 124 g/mol. The van der Waals surface area contributed by atoms with E-state index in [-0.39, 0.29) is 0 Å². The second-order valence-electron chi connectivity index (χ2n) is 1.08.